The first kappa shape index (κ1) is 23.2. The summed E-state index contributed by atoms with van der Waals surface area (Å²) in [6, 6.07) is 9.99. The van der Waals surface area contributed by atoms with Crippen LogP contribution in [0.3, 0.4) is 0 Å². The number of nitrogens with one attached hydrogen (secondary N) is 1. The summed E-state index contributed by atoms with van der Waals surface area (Å²) in [6.07, 6.45) is 3.09. The van der Waals surface area contributed by atoms with Gasteiger partial charge >= 0.3 is 0 Å². The number of aromatic nitrogens is 1. The van der Waals surface area contributed by atoms with Crippen molar-refractivity contribution in [1.82, 2.24) is 15.2 Å². The van der Waals surface area contributed by atoms with Gasteiger partial charge in [0.15, 0.2) is 5.13 Å². The summed E-state index contributed by atoms with van der Waals surface area (Å²) in [6.45, 7) is 6.94. The molecule has 0 aliphatic carbocycles. The quantitative estimate of drug-likeness (QED) is 0.307. The monoisotopic (exact) mass is 485 g/mol. The van der Waals surface area contributed by atoms with Gasteiger partial charge in [0, 0.05) is 57.5 Å². The second-order valence-corrected chi connectivity index (χ2v) is 9.22. The summed E-state index contributed by atoms with van der Waals surface area (Å²) in [4.78, 5) is 31.7. The number of rotatable bonds is 7. The molecule has 1 saturated heterocycles. The number of piperazine rings is 1. The number of hydrogen-bond acceptors (Lipinski definition) is 7. The van der Waals surface area contributed by atoms with Crippen LogP contribution in [0.15, 0.2) is 42.5 Å². The number of anilines is 1. The molecular formula is C23H24ClN5O3S. The molecule has 0 spiro atoms. The number of carbonyl (C=O) groups is 1. The second kappa shape index (κ2) is 10.3. The van der Waals surface area contributed by atoms with Gasteiger partial charge in [-0.3, -0.25) is 19.8 Å². The lowest BCUT2D eigenvalue weighted by atomic mass is 10.2. The zero-order valence-corrected chi connectivity index (χ0v) is 19.7. The molecule has 0 atom stereocenters. The number of carbonyl (C=O) groups excluding carboxylic acids is 1. The number of thiazole rings is 1. The Morgan fingerprint density at radius 2 is 1.94 bits per heavy atom. The zero-order chi connectivity index (χ0) is 23.4. The summed E-state index contributed by atoms with van der Waals surface area (Å²) >= 11 is 7.98. The van der Waals surface area contributed by atoms with E-state index in [0.717, 1.165) is 64.2 Å². The van der Waals surface area contributed by atoms with Crippen molar-refractivity contribution in [2.45, 2.75) is 6.92 Å². The summed E-state index contributed by atoms with van der Waals surface area (Å²) < 4.78 is 1.04. The van der Waals surface area contributed by atoms with Gasteiger partial charge in [-0.05, 0) is 42.3 Å². The van der Waals surface area contributed by atoms with Crippen LogP contribution >= 0.6 is 22.9 Å². The van der Waals surface area contributed by atoms with Crippen molar-refractivity contribution in [1.29, 1.82) is 0 Å². The Balaban J connectivity index is 1.21. The smallest absolute Gasteiger partial charge is 0.269 e. The standard InChI is InChI=1S/C23H24ClN5O3S/c1-16-2-8-19(24)22-21(16)26-23(33-22)28-14-12-27(13-15-28)11-10-25-20(30)9-5-17-3-6-18(7-4-17)29(31)32/h2-9H,10-15H2,1H3,(H,25,30)/b9-5-. The fraction of sp³-hybridized carbons (Fsp3) is 0.304. The van der Waals surface area contributed by atoms with Crippen LogP contribution in [0.25, 0.3) is 16.3 Å². The van der Waals surface area contributed by atoms with E-state index in [0.29, 0.717) is 6.54 Å². The Kier molecular flexibility index (Phi) is 7.22. The van der Waals surface area contributed by atoms with Gasteiger partial charge in [-0.2, -0.15) is 0 Å². The number of nitrogens with zero attached hydrogens (tertiary/aromatic N) is 4. The van der Waals surface area contributed by atoms with Crippen LogP contribution in [0.5, 0.6) is 0 Å². The van der Waals surface area contributed by atoms with Crippen molar-refractivity contribution in [3.63, 3.8) is 0 Å². The van der Waals surface area contributed by atoms with E-state index in [1.165, 1.54) is 18.2 Å². The first-order chi connectivity index (χ1) is 15.9. The highest BCUT2D eigenvalue weighted by Crippen LogP contribution is 2.35. The molecule has 1 N–H and O–H groups in total. The van der Waals surface area contributed by atoms with Gasteiger partial charge in [0.2, 0.25) is 5.91 Å². The Hall–Kier alpha value is -3.01. The predicted octanol–water partition coefficient (Wildman–Crippen LogP) is 4.12. The van der Waals surface area contributed by atoms with Gasteiger partial charge in [0.05, 0.1) is 20.2 Å². The van der Waals surface area contributed by atoms with Crippen LogP contribution in [0, 0.1) is 17.0 Å². The molecule has 0 bridgehead atoms. The third-order valence-electron chi connectivity index (χ3n) is 5.59. The number of non-ortho nitro benzene ring substituents is 1. The van der Waals surface area contributed by atoms with Crippen LogP contribution in [0.2, 0.25) is 5.02 Å². The maximum Gasteiger partial charge on any atom is 0.269 e. The SMILES string of the molecule is Cc1ccc(Cl)c2sc(N3CCN(CCNC(=O)/C=C\c4ccc([N+](=O)[O-])cc4)CC3)nc12. The fourth-order valence-electron chi connectivity index (χ4n) is 3.66. The molecule has 0 radical (unpaired) electrons. The van der Waals surface area contributed by atoms with E-state index in [2.05, 4.69) is 22.0 Å². The number of fused-ring (bicyclic) bond motifs is 1. The Bertz CT molecular complexity index is 1150. The molecule has 1 aliphatic heterocycles. The van der Waals surface area contributed by atoms with Crippen LogP contribution in [-0.4, -0.2) is 60.0 Å². The minimum absolute atomic E-state index is 0.0266. The topological polar surface area (TPSA) is 91.6 Å². The van der Waals surface area contributed by atoms with Crippen molar-refractivity contribution in [2.24, 2.45) is 0 Å². The number of nitro benzene ring substituents is 1. The molecule has 1 aromatic heterocycles. The maximum absolute atomic E-state index is 12.1. The first-order valence-corrected chi connectivity index (χ1v) is 11.8. The molecule has 2 aromatic carbocycles. The summed E-state index contributed by atoms with van der Waals surface area (Å²) in [5, 5.41) is 15.3. The fourth-order valence-corrected chi connectivity index (χ4v) is 5.03. The van der Waals surface area contributed by atoms with Gasteiger partial charge in [0.1, 0.15) is 0 Å². The average Bonchev–Trinajstić information content (AvgIpc) is 3.28. The Morgan fingerprint density at radius 1 is 1.21 bits per heavy atom. The van der Waals surface area contributed by atoms with Crippen molar-refractivity contribution in [2.75, 3.05) is 44.2 Å². The Labute approximate surface area is 200 Å². The lowest BCUT2D eigenvalue weighted by Gasteiger charge is -2.34. The van der Waals surface area contributed by atoms with Crippen LogP contribution in [0.1, 0.15) is 11.1 Å². The maximum atomic E-state index is 12.1. The number of amides is 1. The molecule has 172 valence electrons. The number of benzene rings is 2. The lowest BCUT2D eigenvalue weighted by Crippen LogP contribution is -2.48. The molecular weight excluding hydrogens is 462 g/mol. The van der Waals surface area contributed by atoms with Crippen molar-refractivity contribution in [3.8, 4) is 0 Å². The number of nitro groups is 1. The minimum atomic E-state index is -0.449. The van der Waals surface area contributed by atoms with Crippen LogP contribution in [-0.2, 0) is 4.79 Å². The highest BCUT2D eigenvalue weighted by Gasteiger charge is 2.20. The highest BCUT2D eigenvalue weighted by atomic mass is 35.5. The van der Waals surface area contributed by atoms with E-state index in [1.54, 1.807) is 29.5 Å². The van der Waals surface area contributed by atoms with Crippen LogP contribution < -0.4 is 10.2 Å². The van der Waals surface area contributed by atoms with Gasteiger partial charge in [-0.25, -0.2) is 4.98 Å². The predicted molar refractivity (Wildman–Crippen MR) is 133 cm³/mol. The number of hydrogen-bond donors (Lipinski definition) is 1. The molecule has 1 fully saturated rings. The van der Waals surface area contributed by atoms with E-state index >= 15 is 0 Å². The zero-order valence-electron chi connectivity index (χ0n) is 18.2. The lowest BCUT2D eigenvalue weighted by molar-refractivity contribution is -0.384. The van der Waals surface area contributed by atoms with Crippen molar-refractivity contribution >= 4 is 56.0 Å². The third-order valence-corrected chi connectivity index (χ3v) is 7.16. The van der Waals surface area contributed by atoms with E-state index in [-0.39, 0.29) is 11.6 Å². The molecule has 8 nitrogen and oxygen atoms in total. The van der Waals surface area contributed by atoms with Crippen molar-refractivity contribution in [3.05, 3.63) is 68.7 Å². The van der Waals surface area contributed by atoms with Gasteiger partial charge < -0.3 is 10.2 Å². The molecule has 2 heterocycles. The van der Waals surface area contributed by atoms with Gasteiger partial charge in [-0.15, -0.1) is 0 Å². The average molecular weight is 486 g/mol. The normalized spacial score (nSPS) is 14.8. The third kappa shape index (κ3) is 5.68. The molecule has 0 unspecified atom stereocenters. The summed E-state index contributed by atoms with van der Waals surface area (Å²) in [5.74, 6) is -0.186. The first-order valence-electron chi connectivity index (χ1n) is 10.6. The van der Waals surface area contributed by atoms with E-state index in [1.807, 2.05) is 12.1 Å². The minimum Gasteiger partial charge on any atom is -0.351 e. The molecule has 1 amide bonds. The molecule has 33 heavy (non-hydrogen) atoms. The van der Waals surface area contributed by atoms with Gasteiger partial charge in [-0.1, -0.05) is 29.0 Å². The van der Waals surface area contributed by atoms with Crippen LogP contribution in [0.4, 0.5) is 10.8 Å². The summed E-state index contributed by atoms with van der Waals surface area (Å²) in [7, 11) is 0. The van der Waals surface area contributed by atoms with E-state index in [9.17, 15) is 14.9 Å². The molecule has 3 aromatic rings. The Morgan fingerprint density at radius 3 is 2.61 bits per heavy atom. The molecule has 10 heteroatoms. The van der Waals surface area contributed by atoms with E-state index < -0.39 is 4.92 Å². The molecule has 4 rings (SSSR count). The highest BCUT2D eigenvalue weighted by molar-refractivity contribution is 7.22. The summed E-state index contributed by atoms with van der Waals surface area (Å²) in [5.41, 5.74) is 2.88. The van der Waals surface area contributed by atoms with Gasteiger partial charge in [0.25, 0.3) is 5.69 Å². The number of aryl methyl sites for hydroxylation is 1. The second-order valence-electron chi connectivity index (χ2n) is 7.84. The van der Waals surface area contributed by atoms with E-state index in [4.69, 9.17) is 16.6 Å². The molecule has 1 aliphatic rings. The number of halogens is 1. The molecule has 0 saturated carbocycles. The largest absolute Gasteiger partial charge is 0.351 e. The van der Waals surface area contributed by atoms with Crippen molar-refractivity contribution < 1.29 is 9.72 Å².